The van der Waals surface area contributed by atoms with Gasteiger partial charge in [0, 0.05) is 21.8 Å². The van der Waals surface area contributed by atoms with Crippen LogP contribution in [-0.2, 0) is 9.59 Å². The lowest BCUT2D eigenvalue weighted by Gasteiger charge is -2.17. The van der Waals surface area contributed by atoms with Gasteiger partial charge in [0.05, 0.1) is 5.69 Å². The molecular weight excluding hydrogens is 387 g/mol. The Morgan fingerprint density at radius 1 is 1.04 bits per heavy atom. The first kappa shape index (κ1) is 20.8. The Hall–Kier alpha value is -2.50. The molecule has 0 aliphatic rings. The Bertz CT molecular complexity index is 857. The highest BCUT2D eigenvalue weighted by atomic mass is 35.5. The van der Waals surface area contributed by atoms with Gasteiger partial charge in [0.2, 0.25) is 5.91 Å². The average molecular weight is 407 g/mol. The summed E-state index contributed by atoms with van der Waals surface area (Å²) in [6.45, 7) is 5.27. The molecule has 0 aliphatic heterocycles. The molecule has 0 aromatic heterocycles. The van der Waals surface area contributed by atoms with Gasteiger partial charge < -0.3 is 15.4 Å². The molecule has 0 spiro atoms. The minimum Gasteiger partial charge on any atom is -0.479 e. The number of rotatable bonds is 6. The first-order valence-corrected chi connectivity index (χ1v) is 8.98. The van der Waals surface area contributed by atoms with Gasteiger partial charge >= 0.3 is 0 Å². The van der Waals surface area contributed by atoms with Crippen LogP contribution in [0.2, 0.25) is 10.0 Å². The summed E-state index contributed by atoms with van der Waals surface area (Å²) in [7, 11) is 0. The third-order valence-electron chi connectivity index (χ3n) is 3.37. The standard InChI is InChI=1S/C20H20Cl2N2O3/c1-12(2)8-19(25)24-17-6-4-5-7-18(17)27-13(3)20(26)23-16-10-14(21)9-15(22)11-16/h4-11,13H,1-3H3,(H,23,26)(H,24,25). The Labute approximate surface area is 168 Å². The van der Waals surface area contributed by atoms with E-state index >= 15 is 0 Å². The fourth-order valence-corrected chi connectivity index (χ4v) is 2.74. The number of amides is 2. The molecule has 7 heteroatoms. The molecule has 142 valence electrons. The number of hydrogen-bond donors (Lipinski definition) is 2. The van der Waals surface area contributed by atoms with Crippen LogP contribution in [0, 0.1) is 0 Å². The third-order valence-corrected chi connectivity index (χ3v) is 3.80. The Balaban J connectivity index is 2.08. The van der Waals surface area contributed by atoms with Gasteiger partial charge in [0.15, 0.2) is 6.10 Å². The van der Waals surface area contributed by atoms with Crippen molar-refractivity contribution in [1.82, 2.24) is 0 Å². The Morgan fingerprint density at radius 3 is 2.30 bits per heavy atom. The zero-order valence-corrected chi connectivity index (χ0v) is 16.7. The maximum atomic E-state index is 12.4. The lowest BCUT2D eigenvalue weighted by Crippen LogP contribution is -2.30. The van der Waals surface area contributed by atoms with E-state index in [1.165, 1.54) is 6.08 Å². The van der Waals surface area contributed by atoms with Crippen LogP contribution in [0.5, 0.6) is 5.75 Å². The van der Waals surface area contributed by atoms with Crippen molar-refractivity contribution in [3.8, 4) is 5.75 Å². The summed E-state index contributed by atoms with van der Waals surface area (Å²) in [4.78, 5) is 24.4. The molecular formula is C20H20Cl2N2O3. The van der Waals surface area contributed by atoms with Gasteiger partial charge in [-0.25, -0.2) is 0 Å². The molecule has 2 amide bonds. The summed E-state index contributed by atoms with van der Waals surface area (Å²) in [5, 5.41) is 6.28. The number of ether oxygens (including phenoxy) is 1. The third kappa shape index (κ3) is 6.62. The van der Waals surface area contributed by atoms with Crippen LogP contribution in [0.4, 0.5) is 11.4 Å². The highest BCUT2D eigenvalue weighted by Gasteiger charge is 2.17. The second-order valence-electron chi connectivity index (χ2n) is 6.11. The Kier molecular flexibility index (Phi) is 7.28. The molecule has 1 atom stereocenters. The van der Waals surface area contributed by atoms with E-state index in [-0.39, 0.29) is 11.8 Å². The summed E-state index contributed by atoms with van der Waals surface area (Å²) < 4.78 is 5.73. The van der Waals surface area contributed by atoms with Crippen molar-refractivity contribution in [3.63, 3.8) is 0 Å². The van der Waals surface area contributed by atoms with E-state index in [0.717, 1.165) is 5.57 Å². The summed E-state index contributed by atoms with van der Waals surface area (Å²) in [5.74, 6) is -0.254. The lowest BCUT2D eigenvalue weighted by molar-refractivity contribution is -0.122. The van der Waals surface area contributed by atoms with Crippen molar-refractivity contribution in [3.05, 3.63) is 64.2 Å². The molecule has 0 saturated carbocycles. The van der Waals surface area contributed by atoms with E-state index in [1.807, 2.05) is 13.8 Å². The molecule has 0 bridgehead atoms. The molecule has 0 saturated heterocycles. The van der Waals surface area contributed by atoms with Gasteiger partial charge in [0.25, 0.3) is 5.91 Å². The number of halogens is 2. The fraction of sp³-hybridized carbons (Fsp3) is 0.200. The summed E-state index contributed by atoms with van der Waals surface area (Å²) in [6.07, 6.45) is 0.666. The number of carbonyl (C=O) groups excluding carboxylic acids is 2. The molecule has 5 nitrogen and oxygen atoms in total. The molecule has 0 aliphatic carbocycles. The quantitative estimate of drug-likeness (QED) is 0.639. The number of carbonyl (C=O) groups is 2. The summed E-state index contributed by atoms with van der Waals surface area (Å²) in [6, 6.07) is 11.7. The van der Waals surface area contributed by atoms with Crippen LogP contribution in [0.25, 0.3) is 0 Å². The minimum atomic E-state index is -0.815. The van der Waals surface area contributed by atoms with E-state index in [2.05, 4.69) is 10.6 Å². The largest absolute Gasteiger partial charge is 0.479 e. The highest BCUT2D eigenvalue weighted by Crippen LogP contribution is 2.26. The zero-order chi connectivity index (χ0) is 20.0. The second-order valence-corrected chi connectivity index (χ2v) is 6.99. The van der Waals surface area contributed by atoms with Gasteiger partial charge in [-0.1, -0.05) is 40.9 Å². The van der Waals surface area contributed by atoms with Gasteiger partial charge in [-0.2, -0.15) is 0 Å². The number of allylic oxidation sites excluding steroid dienone is 1. The first-order chi connectivity index (χ1) is 12.7. The molecule has 0 heterocycles. The van der Waals surface area contributed by atoms with Crippen molar-refractivity contribution >= 4 is 46.4 Å². The normalized spacial score (nSPS) is 11.3. The summed E-state index contributed by atoms with van der Waals surface area (Å²) >= 11 is 11.9. The molecule has 2 aromatic rings. The van der Waals surface area contributed by atoms with Crippen LogP contribution in [-0.4, -0.2) is 17.9 Å². The molecule has 0 radical (unpaired) electrons. The molecule has 2 N–H and O–H groups in total. The topological polar surface area (TPSA) is 67.4 Å². The van der Waals surface area contributed by atoms with E-state index in [0.29, 0.717) is 27.2 Å². The lowest BCUT2D eigenvalue weighted by atomic mass is 10.2. The van der Waals surface area contributed by atoms with Crippen molar-refractivity contribution in [2.75, 3.05) is 10.6 Å². The van der Waals surface area contributed by atoms with Crippen molar-refractivity contribution in [2.24, 2.45) is 0 Å². The number of benzene rings is 2. The van der Waals surface area contributed by atoms with E-state index < -0.39 is 6.10 Å². The SMILES string of the molecule is CC(C)=CC(=O)Nc1ccccc1OC(C)C(=O)Nc1cc(Cl)cc(Cl)c1. The van der Waals surface area contributed by atoms with Gasteiger partial charge in [-0.05, 0) is 51.1 Å². The summed E-state index contributed by atoms with van der Waals surface area (Å²) in [5.41, 5.74) is 1.82. The number of nitrogens with one attached hydrogen (secondary N) is 2. The predicted molar refractivity (Wildman–Crippen MR) is 110 cm³/mol. The second kappa shape index (κ2) is 9.44. The maximum Gasteiger partial charge on any atom is 0.265 e. The number of anilines is 2. The van der Waals surface area contributed by atoms with Gasteiger partial charge in [0.1, 0.15) is 5.75 Å². The predicted octanol–water partition coefficient (Wildman–Crippen LogP) is 5.30. The van der Waals surface area contributed by atoms with Crippen LogP contribution in [0.15, 0.2) is 54.1 Å². The zero-order valence-electron chi connectivity index (χ0n) is 15.2. The van der Waals surface area contributed by atoms with Crippen LogP contribution in [0.3, 0.4) is 0 Å². The van der Waals surface area contributed by atoms with Crippen molar-refractivity contribution < 1.29 is 14.3 Å². The minimum absolute atomic E-state index is 0.267. The van der Waals surface area contributed by atoms with Crippen LogP contribution >= 0.6 is 23.2 Å². The molecule has 0 fully saturated rings. The molecule has 2 aromatic carbocycles. The maximum absolute atomic E-state index is 12.4. The van der Waals surface area contributed by atoms with Gasteiger partial charge in [-0.15, -0.1) is 0 Å². The first-order valence-electron chi connectivity index (χ1n) is 8.23. The average Bonchev–Trinajstić information content (AvgIpc) is 2.54. The van der Waals surface area contributed by atoms with Crippen molar-refractivity contribution in [2.45, 2.75) is 26.9 Å². The van der Waals surface area contributed by atoms with E-state index in [9.17, 15) is 9.59 Å². The monoisotopic (exact) mass is 406 g/mol. The van der Waals surface area contributed by atoms with E-state index in [4.69, 9.17) is 27.9 Å². The highest BCUT2D eigenvalue weighted by molar-refractivity contribution is 6.35. The smallest absolute Gasteiger partial charge is 0.265 e. The molecule has 1 unspecified atom stereocenters. The van der Waals surface area contributed by atoms with Crippen molar-refractivity contribution in [1.29, 1.82) is 0 Å². The van der Waals surface area contributed by atoms with Crippen LogP contribution in [0.1, 0.15) is 20.8 Å². The van der Waals surface area contributed by atoms with E-state index in [1.54, 1.807) is 49.4 Å². The number of para-hydroxylation sites is 2. The van der Waals surface area contributed by atoms with Gasteiger partial charge in [-0.3, -0.25) is 9.59 Å². The number of hydrogen-bond acceptors (Lipinski definition) is 3. The molecule has 27 heavy (non-hydrogen) atoms. The fourth-order valence-electron chi connectivity index (χ4n) is 2.22. The van der Waals surface area contributed by atoms with Crippen LogP contribution < -0.4 is 15.4 Å². The molecule has 2 rings (SSSR count). The Morgan fingerprint density at radius 2 is 1.67 bits per heavy atom.